The molecule has 0 radical (unpaired) electrons. The van der Waals surface area contributed by atoms with E-state index in [9.17, 15) is 4.79 Å². The van der Waals surface area contributed by atoms with E-state index in [-0.39, 0.29) is 12.0 Å². The second-order valence-electron chi connectivity index (χ2n) is 7.61. The first kappa shape index (κ1) is 16.9. The van der Waals surface area contributed by atoms with Gasteiger partial charge in [0, 0.05) is 35.1 Å². The van der Waals surface area contributed by atoms with Gasteiger partial charge in [-0.3, -0.25) is 4.79 Å². The lowest BCUT2D eigenvalue weighted by Gasteiger charge is -2.32. The molecule has 1 heterocycles. The standard InChI is InChI=1S/C23H26N2O/c1-16(2)25(15-17-8-4-3-5-9-17)23(26)18-12-13-22-20(14-18)19-10-6-7-11-21(19)24-22/h3-11,16,18,24H,12-15H2,1-2H3. The van der Waals surface area contributed by atoms with E-state index in [1.54, 1.807) is 0 Å². The predicted octanol–water partition coefficient (Wildman–Crippen LogP) is 4.71. The Morgan fingerprint density at radius 3 is 2.62 bits per heavy atom. The summed E-state index contributed by atoms with van der Waals surface area (Å²) in [5.41, 5.74) is 5.04. The van der Waals surface area contributed by atoms with E-state index < -0.39 is 0 Å². The highest BCUT2D eigenvalue weighted by molar-refractivity contribution is 5.87. The van der Waals surface area contributed by atoms with E-state index >= 15 is 0 Å². The number of carbonyl (C=O) groups is 1. The van der Waals surface area contributed by atoms with Gasteiger partial charge in [-0.25, -0.2) is 0 Å². The topological polar surface area (TPSA) is 36.1 Å². The van der Waals surface area contributed by atoms with E-state index in [0.717, 1.165) is 19.3 Å². The Kier molecular flexibility index (Phi) is 4.54. The van der Waals surface area contributed by atoms with Crippen LogP contribution in [0.4, 0.5) is 0 Å². The average Bonchev–Trinajstić information content (AvgIpc) is 3.04. The van der Waals surface area contributed by atoms with E-state index in [2.05, 4.69) is 55.2 Å². The quantitative estimate of drug-likeness (QED) is 0.730. The van der Waals surface area contributed by atoms with Crippen LogP contribution < -0.4 is 0 Å². The van der Waals surface area contributed by atoms with Gasteiger partial charge in [-0.15, -0.1) is 0 Å². The summed E-state index contributed by atoms with van der Waals surface area (Å²) in [5.74, 6) is 0.368. The third-order valence-corrected chi connectivity index (χ3v) is 5.55. The summed E-state index contributed by atoms with van der Waals surface area (Å²) in [6, 6.07) is 18.9. The fourth-order valence-electron chi connectivity index (χ4n) is 4.11. The van der Waals surface area contributed by atoms with Crippen LogP contribution in [0.25, 0.3) is 10.9 Å². The summed E-state index contributed by atoms with van der Waals surface area (Å²) in [5, 5.41) is 1.28. The molecule has 0 fully saturated rings. The molecule has 0 saturated carbocycles. The Bertz CT molecular complexity index is 910. The Morgan fingerprint density at radius 2 is 1.85 bits per heavy atom. The number of rotatable bonds is 4. The van der Waals surface area contributed by atoms with Crippen LogP contribution in [0.15, 0.2) is 54.6 Å². The van der Waals surface area contributed by atoms with Crippen molar-refractivity contribution in [3.8, 4) is 0 Å². The molecule has 1 aliphatic carbocycles. The Balaban J connectivity index is 1.57. The molecule has 0 bridgehead atoms. The fourth-order valence-corrected chi connectivity index (χ4v) is 4.11. The minimum atomic E-state index is 0.0767. The molecule has 2 aromatic carbocycles. The van der Waals surface area contributed by atoms with Crippen molar-refractivity contribution in [2.24, 2.45) is 5.92 Å². The van der Waals surface area contributed by atoms with Crippen molar-refractivity contribution in [1.82, 2.24) is 9.88 Å². The SMILES string of the molecule is CC(C)N(Cc1ccccc1)C(=O)C1CCc2[nH]c3ccccc3c2C1. The van der Waals surface area contributed by atoms with Gasteiger partial charge in [0.2, 0.25) is 5.91 Å². The number of nitrogens with zero attached hydrogens (tertiary/aromatic N) is 1. The minimum Gasteiger partial charge on any atom is -0.358 e. The number of carbonyl (C=O) groups excluding carboxylic acids is 1. The second kappa shape index (κ2) is 6.99. The van der Waals surface area contributed by atoms with Crippen LogP contribution in [0, 0.1) is 5.92 Å². The third-order valence-electron chi connectivity index (χ3n) is 5.55. The van der Waals surface area contributed by atoms with Crippen LogP contribution in [0.2, 0.25) is 0 Å². The first-order valence-electron chi connectivity index (χ1n) is 9.56. The van der Waals surface area contributed by atoms with Gasteiger partial charge in [0.25, 0.3) is 0 Å². The van der Waals surface area contributed by atoms with E-state index in [4.69, 9.17) is 0 Å². The van der Waals surface area contributed by atoms with Crippen molar-refractivity contribution in [2.75, 3.05) is 0 Å². The van der Waals surface area contributed by atoms with Crippen molar-refractivity contribution >= 4 is 16.8 Å². The number of hydrogen-bond donors (Lipinski definition) is 1. The third kappa shape index (κ3) is 3.14. The number of aryl methyl sites for hydroxylation is 1. The van der Waals surface area contributed by atoms with Crippen LogP contribution in [-0.4, -0.2) is 21.8 Å². The number of H-pyrrole nitrogens is 1. The van der Waals surface area contributed by atoms with Gasteiger partial charge in [0.15, 0.2) is 0 Å². The van der Waals surface area contributed by atoms with Gasteiger partial charge >= 0.3 is 0 Å². The first-order chi connectivity index (χ1) is 12.6. The van der Waals surface area contributed by atoms with Crippen molar-refractivity contribution in [3.05, 3.63) is 71.4 Å². The van der Waals surface area contributed by atoms with E-state index in [0.29, 0.717) is 12.5 Å². The summed E-state index contributed by atoms with van der Waals surface area (Å²) >= 11 is 0. The maximum atomic E-state index is 13.3. The normalized spacial score (nSPS) is 16.7. The van der Waals surface area contributed by atoms with Crippen LogP contribution >= 0.6 is 0 Å². The first-order valence-corrected chi connectivity index (χ1v) is 9.56. The van der Waals surface area contributed by atoms with Gasteiger partial charge in [0.05, 0.1) is 0 Å². The highest BCUT2D eigenvalue weighted by Crippen LogP contribution is 2.33. The summed E-state index contributed by atoms with van der Waals surface area (Å²) in [6.45, 7) is 4.91. The van der Waals surface area contributed by atoms with Crippen molar-refractivity contribution in [3.63, 3.8) is 0 Å². The lowest BCUT2D eigenvalue weighted by atomic mass is 9.85. The minimum absolute atomic E-state index is 0.0767. The van der Waals surface area contributed by atoms with Gasteiger partial charge in [-0.1, -0.05) is 48.5 Å². The smallest absolute Gasteiger partial charge is 0.226 e. The highest BCUT2D eigenvalue weighted by atomic mass is 16.2. The fraction of sp³-hybridized carbons (Fsp3) is 0.348. The van der Waals surface area contributed by atoms with E-state index in [1.165, 1.54) is 27.7 Å². The van der Waals surface area contributed by atoms with Crippen LogP contribution in [0.3, 0.4) is 0 Å². The molecule has 1 aromatic heterocycles. The van der Waals surface area contributed by atoms with Gasteiger partial charge < -0.3 is 9.88 Å². The van der Waals surface area contributed by atoms with Crippen LogP contribution in [-0.2, 0) is 24.2 Å². The number of para-hydroxylation sites is 1. The van der Waals surface area contributed by atoms with Gasteiger partial charge in [0.1, 0.15) is 0 Å². The zero-order valence-electron chi connectivity index (χ0n) is 15.5. The molecule has 3 nitrogen and oxygen atoms in total. The monoisotopic (exact) mass is 346 g/mol. The lowest BCUT2D eigenvalue weighted by Crippen LogP contribution is -2.42. The molecule has 1 unspecified atom stereocenters. The number of nitrogens with one attached hydrogen (secondary N) is 1. The number of fused-ring (bicyclic) bond motifs is 3. The average molecular weight is 346 g/mol. The number of aromatic nitrogens is 1. The molecule has 0 saturated heterocycles. The predicted molar refractivity (Wildman–Crippen MR) is 106 cm³/mol. The molecular formula is C23H26N2O. The molecule has 1 aliphatic rings. The molecule has 3 aromatic rings. The Labute approximate surface area is 155 Å². The van der Waals surface area contributed by atoms with Crippen LogP contribution in [0.1, 0.15) is 37.1 Å². The molecule has 0 spiro atoms. The molecule has 3 heteroatoms. The summed E-state index contributed by atoms with van der Waals surface area (Å²) in [6.07, 6.45) is 2.73. The molecule has 26 heavy (non-hydrogen) atoms. The van der Waals surface area contributed by atoms with Crippen molar-refractivity contribution in [2.45, 2.75) is 45.7 Å². The maximum absolute atomic E-state index is 13.3. The number of aromatic amines is 1. The van der Waals surface area contributed by atoms with E-state index in [1.807, 2.05) is 23.1 Å². The Hall–Kier alpha value is -2.55. The van der Waals surface area contributed by atoms with Crippen LogP contribution in [0.5, 0.6) is 0 Å². The van der Waals surface area contributed by atoms with Crippen molar-refractivity contribution in [1.29, 1.82) is 0 Å². The molecule has 134 valence electrons. The molecule has 1 atom stereocenters. The zero-order chi connectivity index (χ0) is 18.1. The molecule has 0 aliphatic heterocycles. The largest absolute Gasteiger partial charge is 0.358 e. The Morgan fingerprint density at radius 1 is 1.12 bits per heavy atom. The number of amides is 1. The summed E-state index contributed by atoms with van der Waals surface area (Å²) in [7, 11) is 0. The summed E-state index contributed by atoms with van der Waals surface area (Å²) < 4.78 is 0. The number of hydrogen-bond acceptors (Lipinski definition) is 1. The maximum Gasteiger partial charge on any atom is 0.226 e. The highest BCUT2D eigenvalue weighted by Gasteiger charge is 2.31. The number of benzene rings is 2. The lowest BCUT2D eigenvalue weighted by molar-refractivity contribution is -0.138. The van der Waals surface area contributed by atoms with Gasteiger partial charge in [-0.2, -0.15) is 0 Å². The molecule has 1 amide bonds. The molecular weight excluding hydrogens is 320 g/mol. The second-order valence-corrected chi connectivity index (χ2v) is 7.61. The van der Waals surface area contributed by atoms with Gasteiger partial charge in [-0.05, 0) is 50.3 Å². The zero-order valence-corrected chi connectivity index (χ0v) is 15.5. The molecule has 4 rings (SSSR count). The molecule has 1 N–H and O–H groups in total. The van der Waals surface area contributed by atoms with Crippen molar-refractivity contribution < 1.29 is 4.79 Å². The summed E-state index contributed by atoms with van der Waals surface area (Å²) in [4.78, 5) is 18.9.